The Morgan fingerprint density at radius 3 is 2.32 bits per heavy atom. The third kappa shape index (κ3) is 3.40. The molecule has 1 N–H and O–H groups in total. The van der Waals surface area contributed by atoms with E-state index in [4.69, 9.17) is 0 Å². The highest BCUT2D eigenvalue weighted by molar-refractivity contribution is 7.93. The summed E-state index contributed by atoms with van der Waals surface area (Å²) < 4.78 is 43.3. The van der Waals surface area contributed by atoms with Gasteiger partial charge in [0, 0.05) is 5.69 Å². The topological polar surface area (TPSA) is 89.5 Å². The number of hydrogen-bond acceptors (Lipinski definition) is 5. The minimum Gasteiger partial charge on any atom is -0.465 e. The standard InChI is InChI=1S/C20H20FNO5S/c1-27-18(23)16-13-14(9-10-17(16)21)22-19(24)20(11-5-6-12-20)28(25,26)15-7-3-2-4-8-15/h2-4,7-10,13H,5-6,11-12H2,1H3,(H,22,24). The average molecular weight is 405 g/mol. The number of methoxy groups -OCH3 is 1. The van der Waals surface area contributed by atoms with Crippen LogP contribution in [0.4, 0.5) is 10.1 Å². The number of ether oxygens (including phenoxy) is 1. The number of benzene rings is 2. The van der Waals surface area contributed by atoms with Crippen molar-refractivity contribution in [2.24, 2.45) is 0 Å². The lowest BCUT2D eigenvalue weighted by atomic mass is 10.1. The molecule has 0 atom stereocenters. The molecule has 1 amide bonds. The molecule has 6 nitrogen and oxygen atoms in total. The third-order valence-electron chi connectivity index (χ3n) is 5.02. The first-order valence-corrected chi connectivity index (χ1v) is 10.3. The molecular formula is C20H20FNO5S. The summed E-state index contributed by atoms with van der Waals surface area (Å²) >= 11 is 0. The van der Waals surface area contributed by atoms with Crippen LogP contribution in [0.3, 0.4) is 0 Å². The molecule has 2 aromatic rings. The zero-order valence-electron chi connectivity index (χ0n) is 15.3. The van der Waals surface area contributed by atoms with Gasteiger partial charge in [0.15, 0.2) is 14.6 Å². The van der Waals surface area contributed by atoms with Gasteiger partial charge in [-0.25, -0.2) is 17.6 Å². The van der Waals surface area contributed by atoms with Crippen LogP contribution in [0, 0.1) is 5.82 Å². The smallest absolute Gasteiger partial charge is 0.340 e. The molecule has 8 heteroatoms. The fourth-order valence-electron chi connectivity index (χ4n) is 3.50. The van der Waals surface area contributed by atoms with Gasteiger partial charge in [0.05, 0.1) is 17.6 Å². The maximum Gasteiger partial charge on any atom is 0.340 e. The molecule has 0 radical (unpaired) electrons. The number of halogens is 1. The quantitative estimate of drug-likeness (QED) is 0.771. The number of carbonyl (C=O) groups excluding carboxylic acids is 2. The minimum atomic E-state index is -3.94. The van der Waals surface area contributed by atoms with Gasteiger partial charge < -0.3 is 10.1 Å². The summed E-state index contributed by atoms with van der Waals surface area (Å²) in [4.78, 5) is 24.8. The molecule has 148 valence electrons. The molecule has 0 saturated heterocycles. The molecule has 0 unspecified atom stereocenters. The van der Waals surface area contributed by atoms with E-state index in [0.29, 0.717) is 12.8 Å². The van der Waals surface area contributed by atoms with E-state index in [0.717, 1.165) is 19.2 Å². The van der Waals surface area contributed by atoms with Crippen molar-refractivity contribution in [3.63, 3.8) is 0 Å². The highest BCUT2D eigenvalue weighted by atomic mass is 32.2. The third-order valence-corrected chi connectivity index (χ3v) is 7.54. The van der Waals surface area contributed by atoms with Crippen LogP contribution < -0.4 is 5.32 Å². The number of hydrogen-bond donors (Lipinski definition) is 1. The largest absolute Gasteiger partial charge is 0.465 e. The number of nitrogens with one attached hydrogen (secondary N) is 1. The summed E-state index contributed by atoms with van der Waals surface area (Å²) in [5.74, 6) is -2.37. The molecule has 1 aliphatic rings. The normalized spacial score (nSPS) is 15.8. The van der Waals surface area contributed by atoms with Crippen LogP contribution >= 0.6 is 0 Å². The van der Waals surface area contributed by atoms with Crippen LogP contribution in [0.2, 0.25) is 0 Å². The Morgan fingerprint density at radius 2 is 1.71 bits per heavy atom. The number of sulfone groups is 1. The van der Waals surface area contributed by atoms with E-state index in [2.05, 4.69) is 10.1 Å². The van der Waals surface area contributed by atoms with Gasteiger partial charge in [0.1, 0.15) is 5.82 Å². The fraction of sp³-hybridized carbons (Fsp3) is 0.300. The molecule has 0 aliphatic heterocycles. The van der Waals surface area contributed by atoms with Gasteiger partial charge in [-0.3, -0.25) is 4.79 Å². The first-order chi connectivity index (χ1) is 13.3. The van der Waals surface area contributed by atoms with E-state index in [1.807, 2.05) is 0 Å². The van der Waals surface area contributed by atoms with Crippen molar-refractivity contribution >= 4 is 27.4 Å². The van der Waals surface area contributed by atoms with Gasteiger partial charge in [-0.2, -0.15) is 0 Å². The minimum absolute atomic E-state index is 0.0846. The molecule has 1 fully saturated rings. The van der Waals surface area contributed by atoms with Crippen molar-refractivity contribution in [1.82, 2.24) is 0 Å². The lowest BCUT2D eigenvalue weighted by Crippen LogP contribution is -2.47. The first kappa shape index (κ1) is 20.0. The van der Waals surface area contributed by atoms with E-state index in [1.54, 1.807) is 18.2 Å². The molecule has 1 aliphatic carbocycles. The maximum atomic E-state index is 13.8. The van der Waals surface area contributed by atoms with Crippen molar-refractivity contribution < 1.29 is 27.1 Å². The van der Waals surface area contributed by atoms with Gasteiger partial charge in [-0.05, 0) is 43.2 Å². The van der Waals surface area contributed by atoms with Crippen molar-refractivity contribution in [2.75, 3.05) is 12.4 Å². The molecule has 0 bridgehead atoms. The van der Waals surface area contributed by atoms with E-state index in [-0.39, 0.29) is 29.0 Å². The molecule has 1 saturated carbocycles. The Morgan fingerprint density at radius 1 is 1.07 bits per heavy atom. The number of amides is 1. The predicted octanol–water partition coefficient (Wildman–Crippen LogP) is 3.34. The monoisotopic (exact) mass is 405 g/mol. The van der Waals surface area contributed by atoms with Crippen LogP contribution in [0.15, 0.2) is 53.4 Å². The Bertz CT molecular complexity index is 999. The van der Waals surface area contributed by atoms with E-state index in [1.165, 1.54) is 18.2 Å². The lowest BCUT2D eigenvalue weighted by molar-refractivity contribution is -0.118. The average Bonchev–Trinajstić information content (AvgIpc) is 3.21. The molecule has 0 spiro atoms. The van der Waals surface area contributed by atoms with Crippen LogP contribution in [-0.4, -0.2) is 32.2 Å². The second kappa shape index (κ2) is 7.71. The van der Waals surface area contributed by atoms with Crippen LogP contribution in [-0.2, 0) is 19.4 Å². The maximum absolute atomic E-state index is 13.8. The van der Waals surface area contributed by atoms with Crippen molar-refractivity contribution in [1.29, 1.82) is 0 Å². The summed E-state index contributed by atoms with van der Waals surface area (Å²) in [6.45, 7) is 0. The Balaban J connectivity index is 1.96. The number of esters is 1. The Hall–Kier alpha value is -2.74. The number of rotatable bonds is 5. The van der Waals surface area contributed by atoms with Crippen LogP contribution in [0.25, 0.3) is 0 Å². The van der Waals surface area contributed by atoms with Crippen molar-refractivity contribution in [3.05, 3.63) is 59.9 Å². The van der Waals surface area contributed by atoms with Gasteiger partial charge in [0.25, 0.3) is 0 Å². The Kier molecular flexibility index (Phi) is 5.51. The van der Waals surface area contributed by atoms with Crippen molar-refractivity contribution in [2.45, 2.75) is 35.3 Å². The summed E-state index contributed by atoms with van der Waals surface area (Å²) in [6, 6.07) is 11.3. The van der Waals surface area contributed by atoms with E-state index >= 15 is 0 Å². The van der Waals surface area contributed by atoms with Gasteiger partial charge in [0.2, 0.25) is 5.91 Å². The Labute approximate surface area is 162 Å². The predicted molar refractivity (Wildman–Crippen MR) is 101 cm³/mol. The summed E-state index contributed by atoms with van der Waals surface area (Å²) in [6.07, 6.45) is 1.61. The zero-order valence-corrected chi connectivity index (χ0v) is 16.1. The second-order valence-corrected chi connectivity index (χ2v) is 8.92. The van der Waals surface area contributed by atoms with Gasteiger partial charge in [-0.1, -0.05) is 31.0 Å². The summed E-state index contributed by atoms with van der Waals surface area (Å²) in [7, 11) is -2.82. The van der Waals surface area contributed by atoms with Gasteiger partial charge in [-0.15, -0.1) is 0 Å². The van der Waals surface area contributed by atoms with Crippen molar-refractivity contribution in [3.8, 4) is 0 Å². The first-order valence-electron chi connectivity index (χ1n) is 8.81. The molecule has 0 aromatic heterocycles. The van der Waals surface area contributed by atoms with Crippen LogP contribution in [0.1, 0.15) is 36.0 Å². The highest BCUT2D eigenvalue weighted by Crippen LogP contribution is 2.41. The van der Waals surface area contributed by atoms with Gasteiger partial charge >= 0.3 is 5.97 Å². The number of anilines is 1. The SMILES string of the molecule is COC(=O)c1cc(NC(=O)C2(S(=O)(=O)c3ccccc3)CCCC2)ccc1F. The van der Waals surface area contributed by atoms with E-state index < -0.39 is 32.3 Å². The molecule has 28 heavy (non-hydrogen) atoms. The van der Waals surface area contributed by atoms with Crippen LogP contribution in [0.5, 0.6) is 0 Å². The fourth-order valence-corrected chi connectivity index (χ4v) is 5.59. The number of carbonyl (C=O) groups is 2. The zero-order chi connectivity index (χ0) is 20.4. The summed E-state index contributed by atoms with van der Waals surface area (Å²) in [5.41, 5.74) is -0.215. The summed E-state index contributed by atoms with van der Waals surface area (Å²) in [5, 5.41) is 2.55. The lowest BCUT2D eigenvalue weighted by Gasteiger charge is -2.27. The second-order valence-electron chi connectivity index (χ2n) is 6.66. The molecule has 3 rings (SSSR count). The molecule has 0 heterocycles. The van der Waals surface area contributed by atoms with E-state index in [9.17, 15) is 22.4 Å². The molecular weight excluding hydrogens is 385 g/mol. The highest BCUT2D eigenvalue weighted by Gasteiger charge is 2.52. The molecule has 2 aromatic carbocycles.